The highest BCUT2D eigenvalue weighted by Crippen LogP contribution is 2.30. The molecule has 0 bridgehead atoms. The van der Waals surface area contributed by atoms with Crippen molar-refractivity contribution in [1.82, 2.24) is 9.62 Å². The van der Waals surface area contributed by atoms with Gasteiger partial charge in [-0.3, -0.25) is 4.79 Å². The van der Waals surface area contributed by atoms with E-state index in [0.29, 0.717) is 31.3 Å². The monoisotopic (exact) mass is 408 g/mol. The first-order valence-corrected chi connectivity index (χ1v) is 10.3. The molecule has 28 heavy (non-hydrogen) atoms. The molecule has 2 aliphatic heterocycles. The van der Waals surface area contributed by atoms with Gasteiger partial charge in [0, 0.05) is 13.1 Å². The number of sulfonamides is 1. The predicted molar refractivity (Wildman–Crippen MR) is 97.0 cm³/mol. The third-order valence-electron chi connectivity index (χ3n) is 4.43. The minimum absolute atomic E-state index is 0.0797. The van der Waals surface area contributed by atoms with E-state index >= 15 is 0 Å². The number of ether oxygens (including phenoxy) is 3. The van der Waals surface area contributed by atoms with Crippen LogP contribution >= 0.6 is 0 Å². The topological polar surface area (TPSA) is 107 Å². The summed E-state index contributed by atoms with van der Waals surface area (Å²) in [6, 6.07) is 9.92. The summed E-state index contributed by atoms with van der Waals surface area (Å²) in [4.78, 5) is 12.3. The molecule has 0 spiro atoms. The first-order valence-electron chi connectivity index (χ1n) is 8.88. The average molecular weight is 408 g/mol. The zero-order valence-electron chi connectivity index (χ0n) is 15.0. The number of nitrogens with zero attached hydrogens (tertiary/aromatic N) is 1. The van der Waals surface area contributed by atoms with Crippen molar-refractivity contribution in [2.45, 2.75) is 11.2 Å². The van der Waals surface area contributed by atoms with Crippen LogP contribution in [-0.4, -0.2) is 64.2 Å². The Kier molecular flexibility index (Phi) is 5.25. The van der Waals surface area contributed by atoms with E-state index in [-0.39, 0.29) is 36.6 Å². The third-order valence-corrected chi connectivity index (χ3v) is 6.20. The van der Waals surface area contributed by atoms with E-state index in [9.17, 15) is 13.2 Å². The summed E-state index contributed by atoms with van der Waals surface area (Å²) in [5.41, 5.74) is 0. The van der Waals surface area contributed by atoms with Gasteiger partial charge in [0.2, 0.25) is 5.09 Å². The van der Waals surface area contributed by atoms with Crippen LogP contribution in [0.1, 0.15) is 10.6 Å². The van der Waals surface area contributed by atoms with Crippen LogP contribution < -0.4 is 14.8 Å². The fourth-order valence-corrected chi connectivity index (χ4v) is 4.27. The SMILES string of the molecule is O=C(NCC1COc2ccccc2O1)c1ccc(S(=O)(=O)N2CCOCC2)o1. The van der Waals surface area contributed by atoms with Crippen LogP contribution in [0, 0.1) is 0 Å². The first-order chi connectivity index (χ1) is 13.5. The predicted octanol–water partition coefficient (Wildman–Crippen LogP) is 0.870. The van der Waals surface area contributed by atoms with E-state index < -0.39 is 15.9 Å². The van der Waals surface area contributed by atoms with Crippen molar-refractivity contribution in [2.75, 3.05) is 39.5 Å². The Bertz CT molecular complexity index is 950. The Hall–Kier alpha value is -2.56. The number of carbonyl (C=O) groups is 1. The molecule has 1 aromatic carbocycles. The number of para-hydroxylation sites is 2. The molecule has 2 aromatic rings. The molecule has 1 N–H and O–H groups in total. The van der Waals surface area contributed by atoms with Gasteiger partial charge in [-0.15, -0.1) is 0 Å². The zero-order valence-corrected chi connectivity index (χ0v) is 15.8. The summed E-state index contributed by atoms with van der Waals surface area (Å²) in [7, 11) is -3.78. The minimum Gasteiger partial charge on any atom is -0.486 e. The van der Waals surface area contributed by atoms with Crippen molar-refractivity contribution in [3.8, 4) is 11.5 Å². The molecular formula is C18H20N2O7S. The van der Waals surface area contributed by atoms with Crippen LogP contribution in [0.2, 0.25) is 0 Å². The number of furan rings is 1. The number of rotatable bonds is 5. The molecule has 9 nitrogen and oxygen atoms in total. The van der Waals surface area contributed by atoms with Gasteiger partial charge in [-0.25, -0.2) is 8.42 Å². The summed E-state index contributed by atoms with van der Waals surface area (Å²) in [6.07, 6.45) is -0.356. The Morgan fingerprint density at radius 2 is 1.86 bits per heavy atom. The molecule has 10 heteroatoms. The van der Waals surface area contributed by atoms with E-state index in [1.54, 1.807) is 6.07 Å². The van der Waals surface area contributed by atoms with E-state index in [0.717, 1.165) is 0 Å². The summed E-state index contributed by atoms with van der Waals surface area (Å²) >= 11 is 0. The molecule has 1 atom stereocenters. The second kappa shape index (κ2) is 7.82. The Morgan fingerprint density at radius 1 is 1.11 bits per heavy atom. The summed E-state index contributed by atoms with van der Waals surface area (Å²) in [5, 5.41) is 2.42. The first kappa shape index (κ1) is 18.8. The molecule has 2 aliphatic rings. The van der Waals surface area contributed by atoms with Gasteiger partial charge in [-0.05, 0) is 24.3 Å². The van der Waals surface area contributed by atoms with Gasteiger partial charge in [0.1, 0.15) is 12.7 Å². The number of morpholine rings is 1. The Balaban J connectivity index is 1.36. The van der Waals surface area contributed by atoms with Gasteiger partial charge in [-0.2, -0.15) is 4.31 Å². The molecule has 1 saturated heterocycles. The van der Waals surface area contributed by atoms with Crippen LogP contribution in [0.15, 0.2) is 45.9 Å². The third kappa shape index (κ3) is 3.84. The zero-order chi connectivity index (χ0) is 19.6. The molecule has 150 valence electrons. The fourth-order valence-electron chi connectivity index (χ4n) is 2.95. The molecule has 0 saturated carbocycles. The van der Waals surface area contributed by atoms with E-state index in [1.165, 1.54) is 16.4 Å². The van der Waals surface area contributed by atoms with Crippen molar-refractivity contribution in [3.05, 3.63) is 42.2 Å². The summed E-state index contributed by atoms with van der Waals surface area (Å²) in [6.45, 7) is 1.67. The quantitative estimate of drug-likeness (QED) is 0.782. The molecule has 1 amide bonds. The molecule has 0 radical (unpaired) electrons. The lowest BCUT2D eigenvalue weighted by Gasteiger charge is -2.26. The number of benzene rings is 1. The summed E-state index contributed by atoms with van der Waals surface area (Å²) in [5.74, 6) is 0.675. The van der Waals surface area contributed by atoms with Crippen molar-refractivity contribution < 1.29 is 31.8 Å². The average Bonchev–Trinajstić information content (AvgIpc) is 3.24. The van der Waals surface area contributed by atoms with Gasteiger partial charge in [-0.1, -0.05) is 12.1 Å². The van der Waals surface area contributed by atoms with Gasteiger partial charge in [0.15, 0.2) is 17.3 Å². The van der Waals surface area contributed by atoms with E-state index in [1.807, 2.05) is 18.2 Å². The van der Waals surface area contributed by atoms with Gasteiger partial charge in [0.05, 0.1) is 19.8 Å². The molecule has 1 aromatic heterocycles. The second-order valence-corrected chi connectivity index (χ2v) is 8.21. The Labute approximate surface area is 162 Å². The van der Waals surface area contributed by atoms with Gasteiger partial charge in [0.25, 0.3) is 15.9 Å². The molecule has 1 unspecified atom stereocenters. The highest BCUT2D eigenvalue weighted by Gasteiger charge is 2.30. The lowest BCUT2D eigenvalue weighted by atomic mass is 10.2. The van der Waals surface area contributed by atoms with E-state index in [2.05, 4.69) is 5.32 Å². The van der Waals surface area contributed by atoms with Gasteiger partial charge < -0.3 is 23.9 Å². The largest absolute Gasteiger partial charge is 0.486 e. The number of amides is 1. The van der Waals surface area contributed by atoms with Crippen LogP contribution in [0.3, 0.4) is 0 Å². The maximum atomic E-state index is 12.6. The number of nitrogens with one attached hydrogen (secondary N) is 1. The maximum absolute atomic E-state index is 12.6. The number of hydrogen-bond donors (Lipinski definition) is 1. The summed E-state index contributed by atoms with van der Waals surface area (Å²) < 4.78 is 48.2. The van der Waals surface area contributed by atoms with Crippen LogP contribution in [-0.2, 0) is 14.8 Å². The lowest BCUT2D eigenvalue weighted by Crippen LogP contribution is -2.41. The van der Waals surface area contributed by atoms with Crippen LogP contribution in [0.5, 0.6) is 11.5 Å². The lowest BCUT2D eigenvalue weighted by molar-refractivity contribution is 0.0720. The smallest absolute Gasteiger partial charge is 0.287 e. The molecule has 1 fully saturated rings. The van der Waals surface area contributed by atoms with Gasteiger partial charge >= 0.3 is 0 Å². The highest BCUT2D eigenvalue weighted by atomic mass is 32.2. The number of hydrogen-bond acceptors (Lipinski definition) is 7. The molecule has 0 aliphatic carbocycles. The minimum atomic E-state index is -3.78. The van der Waals surface area contributed by atoms with Crippen molar-refractivity contribution in [1.29, 1.82) is 0 Å². The van der Waals surface area contributed by atoms with Crippen molar-refractivity contribution >= 4 is 15.9 Å². The highest BCUT2D eigenvalue weighted by molar-refractivity contribution is 7.89. The molecule has 3 heterocycles. The van der Waals surface area contributed by atoms with E-state index in [4.69, 9.17) is 18.6 Å². The van der Waals surface area contributed by atoms with Crippen LogP contribution in [0.4, 0.5) is 0 Å². The number of carbonyl (C=O) groups excluding carboxylic acids is 1. The molecular weight excluding hydrogens is 388 g/mol. The fraction of sp³-hybridized carbons (Fsp3) is 0.389. The van der Waals surface area contributed by atoms with Crippen LogP contribution in [0.25, 0.3) is 0 Å². The number of fused-ring (bicyclic) bond motifs is 1. The standard InChI is InChI=1S/C18H20N2O7S/c21-18(19-11-13-12-25-14-3-1-2-4-15(14)26-13)16-5-6-17(27-16)28(22,23)20-7-9-24-10-8-20/h1-6,13H,7-12H2,(H,19,21). The Morgan fingerprint density at radius 3 is 2.64 bits per heavy atom. The maximum Gasteiger partial charge on any atom is 0.287 e. The van der Waals surface area contributed by atoms with Crippen molar-refractivity contribution in [3.63, 3.8) is 0 Å². The normalized spacial score (nSPS) is 19.9. The second-order valence-electron chi connectivity index (χ2n) is 6.34. The van der Waals surface area contributed by atoms with Crippen molar-refractivity contribution in [2.24, 2.45) is 0 Å². The molecule has 4 rings (SSSR count).